The number of anilines is 2. The molecular formula is C37H50N8O2. The Hall–Kier alpha value is -4.25. The Morgan fingerprint density at radius 3 is 2.55 bits per heavy atom. The van der Waals surface area contributed by atoms with E-state index in [1.807, 2.05) is 43.6 Å². The van der Waals surface area contributed by atoms with Crippen LogP contribution in [-0.2, 0) is 18.3 Å². The molecule has 0 atom stereocenters. The van der Waals surface area contributed by atoms with Crippen LogP contribution in [0.3, 0.4) is 0 Å². The third kappa shape index (κ3) is 8.57. The van der Waals surface area contributed by atoms with Gasteiger partial charge in [-0.05, 0) is 46.1 Å². The molecule has 2 aromatic carbocycles. The summed E-state index contributed by atoms with van der Waals surface area (Å²) in [6.07, 6.45) is 7.99. The second-order valence-electron chi connectivity index (χ2n) is 12.9. The largest absolute Gasteiger partial charge is 0.496 e. The van der Waals surface area contributed by atoms with Crippen LogP contribution in [0, 0.1) is 0 Å². The van der Waals surface area contributed by atoms with Gasteiger partial charge in [0, 0.05) is 119 Å². The van der Waals surface area contributed by atoms with Crippen molar-refractivity contribution in [1.29, 1.82) is 0 Å². The molecule has 0 unspecified atom stereocenters. The molecule has 1 aliphatic rings. The first-order valence-corrected chi connectivity index (χ1v) is 16.5. The van der Waals surface area contributed by atoms with E-state index in [9.17, 15) is 4.79 Å². The van der Waals surface area contributed by atoms with Crippen molar-refractivity contribution < 1.29 is 9.53 Å². The Labute approximate surface area is 279 Å². The van der Waals surface area contributed by atoms with Gasteiger partial charge in [-0.3, -0.25) is 14.6 Å². The lowest BCUT2D eigenvalue weighted by Gasteiger charge is -2.36. The van der Waals surface area contributed by atoms with Gasteiger partial charge in [-0.2, -0.15) is 0 Å². The van der Waals surface area contributed by atoms with Crippen molar-refractivity contribution in [2.45, 2.75) is 26.3 Å². The lowest BCUT2D eigenvalue weighted by Crippen LogP contribution is -2.48. The van der Waals surface area contributed by atoms with Crippen molar-refractivity contribution in [1.82, 2.24) is 29.2 Å². The van der Waals surface area contributed by atoms with E-state index in [0.29, 0.717) is 18.3 Å². The molecule has 0 bridgehead atoms. The average Bonchev–Trinajstić information content (AvgIpc) is 3.40. The van der Waals surface area contributed by atoms with Crippen LogP contribution < -0.4 is 15.0 Å². The number of fused-ring (bicyclic) bond motifs is 1. The Balaban J connectivity index is 1.37. The van der Waals surface area contributed by atoms with E-state index in [2.05, 4.69) is 93.9 Å². The zero-order valence-corrected chi connectivity index (χ0v) is 29.0. The summed E-state index contributed by atoms with van der Waals surface area (Å²) < 4.78 is 8.01. The van der Waals surface area contributed by atoms with Gasteiger partial charge in [0.2, 0.25) is 5.91 Å². The lowest BCUT2D eigenvalue weighted by atomic mass is 10.1. The molecule has 47 heavy (non-hydrogen) atoms. The number of piperazine rings is 1. The molecule has 0 saturated carbocycles. The predicted molar refractivity (Wildman–Crippen MR) is 192 cm³/mol. The number of nitrogens with zero attached hydrogens (tertiary/aromatic N) is 7. The van der Waals surface area contributed by atoms with Crippen molar-refractivity contribution in [3.8, 4) is 17.0 Å². The van der Waals surface area contributed by atoms with Crippen LogP contribution in [0.2, 0.25) is 0 Å². The zero-order chi connectivity index (χ0) is 33.5. The van der Waals surface area contributed by atoms with Gasteiger partial charge in [-0.25, -0.2) is 9.97 Å². The molecule has 4 aromatic rings. The van der Waals surface area contributed by atoms with E-state index in [-0.39, 0.29) is 5.91 Å². The average molecular weight is 639 g/mol. The summed E-state index contributed by atoms with van der Waals surface area (Å²) in [6.45, 7) is 11.0. The van der Waals surface area contributed by atoms with E-state index >= 15 is 0 Å². The van der Waals surface area contributed by atoms with Crippen LogP contribution in [0.25, 0.3) is 22.2 Å². The normalized spacial score (nSPS) is 14.5. The number of rotatable bonds is 13. The highest BCUT2D eigenvalue weighted by Gasteiger charge is 2.19. The van der Waals surface area contributed by atoms with Gasteiger partial charge in [-0.1, -0.05) is 24.3 Å². The number of amides is 1. The summed E-state index contributed by atoms with van der Waals surface area (Å²) in [7, 11) is 9.88. The summed E-state index contributed by atoms with van der Waals surface area (Å²) in [5, 5.41) is 4.32. The Morgan fingerprint density at radius 2 is 1.83 bits per heavy atom. The van der Waals surface area contributed by atoms with E-state index < -0.39 is 0 Å². The van der Waals surface area contributed by atoms with Gasteiger partial charge in [0.15, 0.2) is 0 Å². The van der Waals surface area contributed by atoms with Crippen LogP contribution in [0.4, 0.5) is 11.4 Å². The highest BCUT2D eigenvalue weighted by molar-refractivity contribution is 6.02. The Morgan fingerprint density at radius 1 is 1.06 bits per heavy atom. The molecule has 1 N–H and O–H groups in total. The fraction of sp³-hybridized carbons (Fsp3) is 0.432. The van der Waals surface area contributed by atoms with Crippen molar-refractivity contribution in [3.05, 3.63) is 78.4 Å². The number of hydrogen-bond donors (Lipinski definition) is 1. The molecule has 0 aliphatic carbocycles. The third-order valence-electron chi connectivity index (χ3n) is 8.95. The highest BCUT2D eigenvalue weighted by atomic mass is 16.5. The summed E-state index contributed by atoms with van der Waals surface area (Å²) in [6, 6.07) is 14.9. The molecule has 5 rings (SSSR count). The van der Waals surface area contributed by atoms with Gasteiger partial charge >= 0.3 is 0 Å². The number of carbonyl (C=O) groups is 1. The first-order chi connectivity index (χ1) is 22.6. The van der Waals surface area contributed by atoms with Crippen molar-refractivity contribution >= 4 is 28.2 Å². The van der Waals surface area contributed by atoms with Crippen molar-refractivity contribution in [3.63, 3.8) is 0 Å². The molecule has 2 aromatic heterocycles. The number of hydrogen-bond acceptors (Lipinski definition) is 8. The van der Waals surface area contributed by atoms with E-state index in [0.717, 1.165) is 90.7 Å². The van der Waals surface area contributed by atoms with Gasteiger partial charge in [-0.15, -0.1) is 0 Å². The minimum Gasteiger partial charge on any atom is -0.496 e. The number of nitrogens with one attached hydrogen (secondary N) is 1. The van der Waals surface area contributed by atoms with Crippen LogP contribution in [0.1, 0.15) is 25.2 Å². The number of aryl methyl sites for hydroxylation is 1. The summed E-state index contributed by atoms with van der Waals surface area (Å²) in [5.41, 5.74) is 5.61. The molecule has 10 nitrogen and oxygen atoms in total. The molecule has 1 saturated heterocycles. The number of aromatic nitrogens is 3. The molecule has 1 aliphatic heterocycles. The maximum absolute atomic E-state index is 13.3. The molecule has 0 spiro atoms. The lowest BCUT2D eigenvalue weighted by molar-refractivity contribution is -0.111. The number of methoxy groups -OCH3 is 1. The quantitative estimate of drug-likeness (QED) is 0.210. The number of benzene rings is 2. The van der Waals surface area contributed by atoms with Crippen LogP contribution in [0.5, 0.6) is 5.75 Å². The molecule has 250 valence electrons. The number of carbonyl (C=O) groups excluding carboxylic acids is 1. The minimum absolute atomic E-state index is 0.154. The van der Waals surface area contributed by atoms with E-state index in [4.69, 9.17) is 9.72 Å². The zero-order valence-electron chi connectivity index (χ0n) is 29.0. The maximum Gasteiger partial charge on any atom is 0.248 e. The van der Waals surface area contributed by atoms with E-state index in [1.165, 1.54) is 0 Å². The first kappa shape index (κ1) is 34.1. The fourth-order valence-electron chi connectivity index (χ4n) is 6.12. The molecule has 3 heterocycles. The van der Waals surface area contributed by atoms with Crippen LogP contribution >= 0.6 is 0 Å². The molecule has 0 radical (unpaired) electrons. The number of ether oxygens (including phenoxy) is 1. The first-order valence-electron chi connectivity index (χ1n) is 16.5. The molecule has 1 fully saturated rings. The summed E-state index contributed by atoms with van der Waals surface area (Å²) in [4.78, 5) is 32.0. The number of likely N-dealkylation sites (N-methyl/N-ethyl adjacent to an activating group) is 2. The van der Waals surface area contributed by atoms with Gasteiger partial charge < -0.3 is 24.4 Å². The van der Waals surface area contributed by atoms with Crippen molar-refractivity contribution in [2.24, 2.45) is 7.05 Å². The predicted octanol–water partition coefficient (Wildman–Crippen LogP) is 4.75. The third-order valence-corrected chi connectivity index (χ3v) is 8.95. The topological polar surface area (TPSA) is 82.0 Å². The van der Waals surface area contributed by atoms with Gasteiger partial charge in [0.25, 0.3) is 0 Å². The molecular weight excluding hydrogens is 588 g/mol. The fourth-order valence-corrected chi connectivity index (χ4v) is 6.12. The maximum atomic E-state index is 13.3. The van der Waals surface area contributed by atoms with Crippen LogP contribution in [-0.4, -0.2) is 115 Å². The second-order valence-corrected chi connectivity index (χ2v) is 12.9. The SMILES string of the molecule is COc1cc(N(C)CCN(C)C)c(NC(=O)/C=C/CN2CCN(C(C)C)CC2)cc1Cc1nccc(-c2cn(C)c3ccccc23)n1. The molecule has 1 amide bonds. The molecule has 10 heteroatoms. The monoisotopic (exact) mass is 638 g/mol. The Kier molecular flexibility index (Phi) is 11.3. The van der Waals surface area contributed by atoms with E-state index in [1.54, 1.807) is 13.2 Å². The highest BCUT2D eigenvalue weighted by Crippen LogP contribution is 2.35. The summed E-state index contributed by atoms with van der Waals surface area (Å²) >= 11 is 0. The number of para-hydroxylation sites is 1. The Bertz CT molecular complexity index is 1690. The smallest absolute Gasteiger partial charge is 0.248 e. The van der Waals surface area contributed by atoms with Crippen molar-refractivity contribution in [2.75, 3.05) is 84.3 Å². The van der Waals surface area contributed by atoms with Crippen LogP contribution in [0.15, 0.2) is 67.0 Å². The minimum atomic E-state index is -0.154. The van der Waals surface area contributed by atoms with Gasteiger partial charge in [0.05, 0.1) is 24.2 Å². The van der Waals surface area contributed by atoms with Gasteiger partial charge in [0.1, 0.15) is 11.6 Å². The second kappa shape index (κ2) is 15.6. The summed E-state index contributed by atoms with van der Waals surface area (Å²) in [5.74, 6) is 1.25. The standard InChI is InChI=1S/C37H50N8O2/c1-27(2)45-21-19-44(20-22-45)16-10-13-37(46)40-32-23-28(35(47-7)25-34(32)42(5)18-17-41(3)4)24-36-38-15-14-31(39-36)30-26-43(6)33-12-9-8-11-29(30)33/h8-15,23,25-27H,16-22,24H2,1-7H3,(H,40,46)/b13-10+.